The smallest absolute Gasteiger partial charge is 0.379 e. The number of para-hydroxylation sites is 1. The molecule has 0 spiro atoms. The first-order valence-corrected chi connectivity index (χ1v) is 11.7. The highest BCUT2D eigenvalue weighted by atomic mass is 28.4. The molecule has 0 radical (unpaired) electrons. The number of carbonyl (C=O) groups excluding carboxylic acids is 2. The van der Waals surface area contributed by atoms with E-state index >= 15 is 0 Å². The van der Waals surface area contributed by atoms with Crippen LogP contribution in [0.25, 0.3) is 10.9 Å². The molecule has 0 aliphatic heterocycles. The van der Waals surface area contributed by atoms with Gasteiger partial charge in [0.15, 0.2) is 0 Å². The number of H-pyrrole nitrogens is 1. The van der Waals surface area contributed by atoms with E-state index in [1.54, 1.807) is 6.20 Å². The van der Waals surface area contributed by atoms with Crippen molar-refractivity contribution in [1.82, 2.24) is 4.98 Å². The van der Waals surface area contributed by atoms with Crippen LogP contribution in [-0.4, -0.2) is 32.2 Å². The Labute approximate surface area is 162 Å². The fraction of sp³-hybridized carbons (Fsp3) is 0.524. The molecule has 1 heterocycles. The molecule has 0 saturated heterocycles. The first-order chi connectivity index (χ1) is 12.7. The van der Waals surface area contributed by atoms with E-state index in [-0.39, 0.29) is 0 Å². The number of nitrogens with one attached hydrogen (secondary N) is 1. The number of carbonyl (C=O) groups is 2. The molecule has 0 atom stereocenters. The van der Waals surface area contributed by atoms with Crippen LogP contribution in [0.15, 0.2) is 24.4 Å². The summed E-state index contributed by atoms with van der Waals surface area (Å²) in [5.74, 6) is -1.50. The Balaban J connectivity index is 2.39. The van der Waals surface area contributed by atoms with Crippen LogP contribution in [0.3, 0.4) is 0 Å². The van der Waals surface area contributed by atoms with Crippen molar-refractivity contribution in [2.45, 2.75) is 64.8 Å². The van der Waals surface area contributed by atoms with Gasteiger partial charge >= 0.3 is 5.97 Å². The van der Waals surface area contributed by atoms with Gasteiger partial charge in [-0.15, -0.1) is 0 Å². The Morgan fingerprint density at radius 2 is 1.63 bits per heavy atom. The van der Waals surface area contributed by atoms with Gasteiger partial charge in [0.25, 0.3) is 5.78 Å². The minimum absolute atomic E-state index is 0.332. The van der Waals surface area contributed by atoms with E-state index in [1.807, 2.05) is 18.2 Å². The van der Waals surface area contributed by atoms with Crippen molar-refractivity contribution < 1.29 is 18.8 Å². The zero-order chi connectivity index (χ0) is 20.4. The zero-order valence-electron chi connectivity index (χ0n) is 17.4. The molecular weight excluding hydrogens is 358 g/mol. The Morgan fingerprint density at radius 3 is 2.15 bits per heavy atom. The summed E-state index contributed by atoms with van der Waals surface area (Å²) in [6, 6.07) is 5.74. The van der Waals surface area contributed by atoms with Crippen LogP contribution in [-0.2, 0) is 20.6 Å². The van der Waals surface area contributed by atoms with E-state index in [1.165, 1.54) is 7.11 Å². The van der Waals surface area contributed by atoms with E-state index in [4.69, 9.17) is 4.43 Å². The van der Waals surface area contributed by atoms with Crippen molar-refractivity contribution in [3.8, 4) is 0 Å². The number of rotatable bonds is 8. The van der Waals surface area contributed by atoms with E-state index in [0.717, 1.165) is 16.5 Å². The molecule has 27 heavy (non-hydrogen) atoms. The number of aromatic amines is 1. The maximum Gasteiger partial charge on any atom is 0.379 e. The van der Waals surface area contributed by atoms with E-state index < -0.39 is 20.1 Å². The molecule has 1 N–H and O–H groups in total. The van der Waals surface area contributed by atoms with Crippen molar-refractivity contribution in [3.05, 3.63) is 35.5 Å². The van der Waals surface area contributed by atoms with Gasteiger partial charge in [0, 0.05) is 17.1 Å². The van der Waals surface area contributed by atoms with Crippen LogP contribution in [0.2, 0.25) is 16.6 Å². The van der Waals surface area contributed by atoms with Crippen molar-refractivity contribution >= 4 is 31.0 Å². The molecule has 0 amide bonds. The van der Waals surface area contributed by atoms with Gasteiger partial charge in [-0.1, -0.05) is 59.7 Å². The summed E-state index contributed by atoms with van der Waals surface area (Å²) in [7, 11) is -0.781. The van der Waals surface area contributed by atoms with Crippen LogP contribution in [0.4, 0.5) is 0 Å². The zero-order valence-corrected chi connectivity index (χ0v) is 18.4. The number of hydrogen-bond acceptors (Lipinski definition) is 4. The first-order valence-electron chi connectivity index (χ1n) is 9.52. The standard InChI is InChI=1S/C21H31NO4Si/c1-13(2)27(14(3)4,15(5)6)26-12-16-9-8-10-17-18(11-22-19(16)17)20(23)21(24)25-7/h8-11,13-15,22H,12H2,1-7H3. The predicted molar refractivity (Wildman–Crippen MR) is 110 cm³/mol. The summed E-state index contributed by atoms with van der Waals surface area (Å²) >= 11 is 0. The van der Waals surface area contributed by atoms with Gasteiger partial charge in [-0.25, -0.2) is 4.79 Å². The lowest BCUT2D eigenvalue weighted by molar-refractivity contribution is -0.135. The summed E-state index contributed by atoms with van der Waals surface area (Å²) in [6.07, 6.45) is 1.57. The molecule has 0 aliphatic carbocycles. The van der Waals surface area contributed by atoms with Crippen LogP contribution >= 0.6 is 0 Å². The Morgan fingerprint density at radius 1 is 1.04 bits per heavy atom. The van der Waals surface area contributed by atoms with E-state index in [0.29, 0.717) is 28.8 Å². The highest BCUT2D eigenvalue weighted by Crippen LogP contribution is 2.43. The van der Waals surface area contributed by atoms with Gasteiger partial charge in [-0.2, -0.15) is 0 Å². The highest BCUT2D eigenvalue weighted by Gasteiger charge is 2.45. The van der Waals surface area contributed by atoms with Crippen molar-refractivity contribution in [1.29, 1.82) is 0 Å². The number of hydrogen-bond donors (Lipinski definition) is 1. The van der Waals surface area contributed by atoms with Gasteiger partial charge in [0.2, 0.25) is 8.32 Å². The van der Waals surface area contributed by atoms with Crippen molar-refractivity contribution in [2.75, 3.05) is 7.11 Å². The lowest BCUT2D eigenvalue weighted by atomic mass is 10.1. The molecule has 2 rings (SSSR count). The number of fused-ring (bicyclic) bond motifs is 1. The molecule has 0 aliphatic rings. The second-order valence-corrected chi connectivity index (χ2v) is 13.4. The average Bonchev–Trinajstić information content (AvgIpc) is 3.04. The van der Waals surface area contributed by atoms with Crippen molar-refractivity contribution in [2.24, 2.45) is 0 Å². The number of ether oxygens (including phenoxy) is 1. The molecule has 148 valence electrons. The maximum atomic E-state index is 12.2. The molecule has 0 unspecified atom stereocenters. The van der Waals surface area contributed by atoms with Crippen LogP contribution in [0, 0.1) is 0 Å². The van der Waals surface area contributed by atoms with Crippen LogP contribution < -0.4 is 0 Å². The topological polar surface area (TPSA) is 68.4 Å². The minimum atomic E-state index is -1.99. The number of ketones is 1. The third kappa shape index (κ3) is 3.87. The molecular formula is C21H31NO4Si. The summed E-state index contributed by atoms with van der Waals surface area (Å²) in [5, 5.41) is 0.720. The normalized spacial score (nSPS) is 12.4. The lowest BCUT2D eigenvalue weighted by Gasteiger charge is -2.42. The van der Waals surface area contributed by atoms with Crippen molar-refractivity contribution in [3.63, 3.8) is 0 Å². The fourth-order valence-electron chi connectivity index (χ4n) is 4.43. The molecule has 0 fully saturated rings. The summed E-state index contributed by atoms with van der Waals surface area (Å²) < 4.78 is 11.3. The Kier molecular flexibility index (Phi) is 6.65. The third-order valence-corrected chi connectivity index (χ3v) is 11.7. The number of Topliss-reactive ketones (excluding diaryl/α,β-unsaturated/α-hetero) is 1. The largest absolute Gasteiger partial charge is 0.463 e. The first kappa shape index (κ1) is 21.4. The summed E-state index contributed by atoms with van der Waals surface area (Å²) in [5.41, 5.74) is 3.66. The number of aromatic nitrogens is 1. The van der Waals surface area contributed by atoms with Gasteiger partial charge in [0.1, 0.15) is 0 Å². The van der Waals surface area contributed by atoms with E-state index in [9.17, 15) is 9.59 Å². The monoisotopic (exact) mass is 389 g/mol. The Bertz CT molecular complexity index is 801. The molecule has 5 nitrogen and oxygen atoms in total. The average molecular weight is 390 g/mol. The van der Waals surface area contributed by atoms with E-state index in [2.05, 4.69) is 51.3 Å². The third-order valence-electron chi connectivity index (χ3n) is 5.60. The second-order valence-electron chi connectivity index (χ2n) is 7.97. The highest BCUT2D eigenvalue weighted by molar-refractivity contribution is 6.77. The molecule has 1 aromatic heterocycles. The molecule has 0 bridgehead atoms. The summed E-state index contributed by atoms with van der Waals surface area (Å²) in [4.78, 5) is 27.0. The predicted octanol–water partition coefficient (Wildman–Crippen LogP) is 5.22. The van der Waals surface area contributed by atoms with Crippen LogP contribution in [0.1, 0.15) is 57.5 Å². The Hall–Kier alpha value is -1.92. The maximum absolute atomic E-state index is 12.2. The lowest BCUT2D eigenvalue weighted by Crippen LogP contribution is -2.47. The van der Waals surface area contributed by atoms with Gasteiger partial charge in [-0.3, -0.25) is 4.79 Å². The minimum Gasteiger partial charge on any atom is -0.463 e. The molecule has 2 aromatic rings. The fourth-order valence-corrected chi connectivity index (χ4v) is 9.84. The number of benzene rings is 1. The van der Waals surface area contributed by atoms with Gasteiger partial charge in [-0.05, 0) is 16.6 Å². The molecule has 6 heteroatoms. The number of methoxy groups -OCH3 is 1. The number of esters is 1. The molecule has 1 aromatic carbocycles. The van der Waals surface area contributed by atoms with Gasteiger partial charge < -0.3 is 14.1 Å². The van der Waals surface area contributed by atoms with Gasteiger partial charge in [0.05, 0.1) is 24.8 Å². The molecule has 0 saturated carbocycles. The second kappa shape index (κ2) is 8.40. The van der Waals surface area contributed by atoms with Crippen LogP contribution in [0.5, 0.6) is 0 Å². The SMILES string of the molecule is COC(=O)C(=O)c1c[nH]c2c(CO[Si](C(C)C)(C(C)C)C(C)C)cccc12. The summed E-state index contributed by atoms with van der Waals surface area (Å²) in [6.45, 7) is 14.0. The quantitative estimate of drug-likeness (QED) is 0.291.